The van der Waals surface area contributed by atoms with Crippen molar-refractivity contribution in [2.24, 2.45) is 5.73 Å². The Labute approximate surface area is 187 Å². The molecule has 0 aliphatic carbocycles. The van der Waals surface area contributed by atoms with Crippen molar-refractivity contribution in [2.75, 3.05) is 18.4 Å². The molecule has 3 aromatic rings. The number of nitrogens with one attached hydrogen (secondary N) is 1. The van der Waals surface area contributed by atoms with Crippen LogP contribution in [0, 0.1) is 11.6 Å². The second-order valence-corrected chi connectivity index (χ2v) is 8.12. The van der Waals surface area contributed by atoms with Crippen molar-refractivity contribution in [3.8, 4) is 0 Å². The second-order valence-electron chi connectivity index (χ2n) is 6.76. The molecule has 5 nitrogen and oxygen atoms in total. The molecular formula is C22H20ClF2N3O2S. The molecule has 162 valence electrons. The van der Waals surface area contributed by atoms with Gasteiger partial charge in [0.1, 0.15) is 11.6 Å². The Morgan fingerprint density at radius 3 is 2.48 bits per heavy atom. The summed E-state index contributed by atoms with van der Waals surface area (Å²) in [4.78, 5) is 27.2. The summed E-state index contributed by atoms with van der Waals surface area (Å²) in [5.74, 6) is -2.47. The van der Waals surface area contributed by atoms with Crippen LogP contribution in [0.3, 0.4) is 0 Å². The SMILES string of the molecule is NCCCN(Cc1cc(NC(=O)c2cccs2)ccc1Cl)C(=O)c1cc(F)cc(F)c1. The number of benzene rings is 2. The summed E-state index contributed by atoms with van der Waals surface area (Å²) in [6, 6.07) is 11.1. The topological polar surface area (TPSA) is 75.4 Å². The Morgan fingerprint density at radius 2 is 1.84 bits per heavy atom. The number of carbonyl (C=O) groups excluding carboxylic acids is 2. The highest BCUT2D eigenvalue weighted by molar-refractivity contribution is 7.12. The van der Waals surface area contributed by atoms with E-state index in [1.165, 1.54) is 16.2 Å². The molecule has 0 aliphatic rings. The standard InChI is InChI=1S/C22H20ClF2N3O2S/c23-19-5-4-18(27-21(29)20-3-1-8-31-20)11-15(19)13-28(7-2-6-26)22(30)14-9-16(24)12-17(25)10-14/h1,3-5,8-12H,2,6-7,13,26H2,(H,27,29). The average molecular weight is 464 g/mol. The summed E-state index contributed by atoms with van der Waals surface area (Å²) in [5, 5.41) is 4.99. The number of rotatable bonds is 8. The maximum Gasteiger partial charge on any atom is 0.265 e. The summed E-state index contributed by atoms with van der Waals surface area (Å²) in [5.41, 5.74) is 6.57. The lowest BCUT2D eigenvalue weighted by Gasteiger charge is -2.24. The summed E-state index contributed by atoms with van der Waals surface area (Å²) in [7, 11) is 0. The molecule has 0 unspecified atom stereocenters. The van der Waals surface area contributed by atoms with Crippen LogP contribution in [0.1, 0.15) is 32.0 Å². The first-order valence-electron chi connectivity index (χ1n) is 9.46. The largest absolute Gasteiger partial charge is 0.334 e. The van der Waals surface area contributed by atoms with E-state index in [4.69, 9.17) is 17.3 Å². The van der Waals surface area contributed by atoms with Gasteiger partial charge in [0.05, 0.1) is 4.88 Å². The number of carbonyl (C=O) groups is 2. The van der Waals surface area contributed by atoms with Crippen LogP contribution in [0.5, 0.6) is 0 Å². The highest BCUT2D eigenvalue weighted by Gasteiger charge is 2.19. The molecule has 3 rings (SSSR count). The first kappa shape index (κ1) is 22.9. The average Bonchev–Trinajstić information content (AvgIpc) is 3.27. The van der Waals surface area contributed by atoms with Gasteiger partial charge < -0.3 is 16.0 Å². The van der Waals surface area contributed by atoms with Crippen molar-refractivity contribution in [1.82, 2.24) is 4.90 Å². The number of thiophene rings is 1. The van der Waals surface area contributed by atoms with Gasteiger partial charge in [-0.25, -0.2) is 8.78 Å². The predicted molar refractivity (Wildman–Crippen MR) is 118 cm³/mol. The van der Waals surface area contributed by atoms with Gasteiger partial charge in [-0.1, -0.05) is 17.7 Å². The van der Waals surface area contributed by atoms with Gasteiger partial charge in [0.15, 0.2) is 0 Å². The zero-order valence-corrected chi connectivity index (χ0v) is 18.0. The Bertz CT molecular complexity index is 1060. The van der Waals surface area contributed by atoms with Crippen molar-refractivity contribution >= 4 is 40.4 Å². The molecule has 1 heterocycles. The molecule has 0 atom stereocenters. The molecule has 0 radical (unpaired) electrons. The van der Waals surface area contributed by atoms with Crippen molar-refractivity contribution in [3.05, 3.63) is 86.6 Å². The zero-order chi connectivity index (χ0) is 22.4. The van der Waals surface area contributed by atoms with E-state index in [-0.39, 0.29) is 24.6 Å². The van der Waals surface area contributed by atoms with Crippen LogP contribution in [0.2, 0.25) is 5.02 Å². The maximum absolute atomic E-state index is 13.6. The minimum atomic E-state index is -0.835. The molecule has 0 saturated carbocycles. The van der Waals surface area contributed by atoms with E-state index in [0.29, 0.717) is 40.2 Å². The maximum atomic E-state index is 13.6. The molecule has 0 spiro atoms. The number of nitrogens with zero attached hydrogens (tertiary/aromatic N) is 1. The van der Waals surface area contributed by atoms with E-state index in [9.17, 15) is 18.4 Å². The summed E-state index contributed by atoms with van der Waals surface area (Å²) >= 11 is 7.64. The number of hydrogen-bond acceptors (Lipinski definition) is 4. The zero-order valence-electron chi connectivity index (χ0n) is 16.4. The lowest BCUT2D eigenvalue weighted by molar-refractivity contribution is 0.0741. The Morgan fingerprint density at radius 1 is 1.10 bits per heavy atom. The van der Waals surface area contributed by atoms with Gasteiger partial charge in [-0.2, -0.15) is 0 Å². The van der Waals surface area contributed by atoms with E-state index in [0.717, 1.165) is 12.1 Å². The van der Waals surface area contributed by atoms with E-state index in [1.54, 1.807) is 35.7 Å². The minimum Gasteiger partial charge on any atom is -0.334 e. The van der Waals surface area contributed by atoms with Crippen LogP contribution in [0.25, 0.3) is 0 Å². The van der Waals surface area contributed by atoms with E-state index >= 15 is 0 Å². The quantitative estimate of drug-likeness (QED) is 0.497. The molecule has 0 fully saturated rings. The number of nitrogens with two attached hydrogens (primary N) is 1. The molecule has 0 aliphatic heterocycles. The summed E-state index contributed by atoms with van der Waals surface area (Å²) in [6.45, 7) is 0.694. The van der Waals surface area contributed by atoms with Crippen LogP contribution in [-0.2, 0) is 6.54 Å². The first-order chi connectivity index (χ1) is 14.9. The number of anilines is 1. The Balaban J connectivity index is 1.83. The molecule has 31 heavy (non-hydrogen) atoms. The number of amides is 2. The van der Waals surface area contributed by atoms with E-state index in [1.807, 2.05) is 0 Å². The first-order valence-corrected chi connectivity index (χ1v) is 10.7. The molecule has 2 aromatic carbocycles. The van der Waals surface area contributed by atoms with Crippen molar-refractivity contribution in [1.29, 1.82) is 0 Å². The number of halogens is 3. The molecule has 3 N–H and O–H groups in total. The molecule has 2 amide bonds. The Hall–Kier alpha value is -2.81. The third-order valence-corrected chi connectivity index (χ3v) is 5.68. The minimum absolute atomic E-state index is 0.0819. The van der Waals surface area contributed by atoms with E-state index in [2.05, 4.69) is 5.32 Å². The van der Waals surface area contributed by atoms with Crippen LogP contribution in [-0.4, -0.2) is 29.8 Å². The molecular weight excluding hydrogens is 444 g/mol. The van der Waals surface area contributed by atoms with Crippen molar-refractivity contribution < 1.29 is 18.4 Å². The highest BCUT2D eigenvalue weighted by Crippen LogP contribution is 2.24. The lowest BCUT2D eigenvalue weighted by atomic mass is 10.1. The number of hydrogen-bond donors (Lipinski definition) is 2. The third-order valence-electron chi connectivity index (χ3n) is 4.44. The van der Waals surface area contributed by atoms with Crippen LogP contribution in [0.4, 0.5) is 14.5 Å². The van der Waals surface area contributed by atoms with Gasteiger partial charge in [-0.15, -0.1) is 11.3 Å². The second kappa shape index (κ2) is 10.5. The fourth-order valence-electron chi connectivity index (χ4n) is 2.97. The van der Waals surface area contributed by atoms with Crippen molar-refractivity contribution in [3.63, 3.8) is 0 Å². The summed E-state index contributed by atoms with van der Waals surface area (Å²) < 4.78 is 27.2. The van der Waals surface area contributed by atoms with Crippen molar-refractivity contribution in [2.45, 2.75) is 13.0 Å². The van der Waals surface area contributed by atoms with Gasteiger partial charge in [-0.05, 0) is 60.3 Å². The smallest absolute Gasteiger partial charge is 0.265 e. The fraction of sp³-hybridized carbons (Fsp3) is 0.182. The monoisotopic (exact) mass is 463 g/mol. The van der Waals surface area contributed by atoms with Gasteiger partial charge in [0, 0.05) is 35.4 Å². The van der Waals surface area contributed by atoms with Crippen LogP contribution >= 0.6 is 22.9 Å². The highest BCUT2D eigenvalue weighted by atomic mass is 35.5. The fourth-order valence-corrected chi connectivity index (χ4v) is 3.77. The van der Waals surface area contributed by atoms with Gasteiger partial charge in [0.2, 0.25) is 0 Å². The van der Waals surface area contributed by atoms with Gasteiger partial charge in [0.25, 0.3) is 11.8 Å². The van der Waals surface area contributed by atoms with Crippen LogP contribution in [0.15, 0.2) is 53.9 Å². The predicted octanol–water partition coefficient (Wildman–Crippen LogP) is 4.92. The molecule has 0 saturated heterocycles. The van der Waals surface area contributed by atoms with Gasteiger partial charge in [-0.3, -0.25) is 9.59 Å². The van der Waals surface area contributed by atoms with Crippen LogP contribution < -0.4 is 11.1 Å². The third kappa shape index (κ3) is 6.10. The lowest BCUT2D eigenvalue weighted by Crippen LogP contribution is -2.33. The Kier molecular flexibility index (Phi) is 7.73. The molecule has 0 bridgehead atoms. The van der Waals surface area contributed by atoms with Gasteiger partial charge >= 0.3 is 0 Å². The molecule has 1 aromatic heterocycles. The van der Waals surface area contributed by atoms with E-state index < -0.39 is 17.5 Å². The molecule has 9 heteroatoms. The summed E-state index contributed by atoms with van der Waals surface area (Å²) in [6.07, 6.45) is 0.496. The normalized spacial score (nSPS) is 10.7.